The van der Waals surface area contributed by atoms with Crippen molar-refractivity contribution in [2.24, 2.45) is 0 Å². The van der Waals surface area contributed by atoms with Gasteiger partial charge in [-0.3, -0.25) is 0 Å². The highest BCUT2D eigenvalue weighted by atomic mass is 19.2. The van der Waals surface area contributed by atoms with E-state index in [1.807, 2.05) is 0 Å². The summed E-state index contributed by atoms with van der Waals surface area (Å²) in [5.74, 6) is -24.4. The van der Waals surface area contributed by atoms with E-state index in [4.69, 9.17) is 15.8 Å². The second-order valence-corrected chi connectivity index (χ2v) is 13.7. The molecule has 6 aromatic carbocycles. The number of hydrogen-bond acceptors (Lipinski definition) is 6. The van der Waals surface area contributed by atoms with Crippen molar-refractivity contribution in [1.82, 2.24) is 0 Å². The SMILES string of the molecule is N#CC(c1c(F)c(F)c(C#N)c(F)c1F)=c1ccc(=C2C(=c3ccc(=C(C#N)c4c(F)c(F)c(C#N)c(F)c4F)cc3)C2=c2ccc(=C(C#N)c3c(F)c(F)c(C#N)c(F)c3F)cc2)cc1. The molecule has 6 aromatic rings. The maximum Gasteiger partial charge on any atom is 0.180 e. The number of nitrogens with zero attached hydrogens (tertiary/aromatic N) is 6. The smallest absolute Gasteiger partial charge is 0.180 e. The number of hydrogen-bond donors (Lipinski definition) is 0. The molecule has 6 nitrogen and oxygen atoms in total. The lowest BCUT2D eigenvalue weighted by Crippen LogP contribution is -2.15. The van der Waals surface area contributed by atoms with Gasteiger partial charge < -0.3 is 0 Å². The summed E-state index contributed by atoms with van der Waals surface area (Å²) in [6.45, 7) is 0. The molecule has 1 saturated carbocycles. The van der Waals surface area contributed by atoms with Crippen LogP contribution in [0.25, 0.3) is 33.4 Å². The quantitative estimate of drug-likeness (QED) is 0.158. The predicted molar refractivity (Wildman–Crippen MR) is 205 cm³/mol. The lowest BCUT2D eigenvalue weighted by Gasteiger charge is -2.07. The largest absolute Gasteiger partial charge is 0.203 e. The molecule has 318 valence electrons. The highest BCUT2D eigenvalue weighted by Crippen LogP contribution is 2.46. The third kappa shape index (κ3) is 6.93. The fraction of sp³-hybridized carbons (Fsp3) is 0. The summed E-state index contributed by atoms with van der Waals surface area (Å²) in [5.41, 5.74) is -10.5. The summed E-state index contributed by atoms with van der Waals surface area (Å²) < 4.78 is 177. The molecule has 0 aliphatic heterocycles. The van der Waals surface area contributed by atoms with Crippen LogP contribution in [0.5, 0.6) is 0 Å². The Hall–Kier alpha value is -9.36. The zero-order chi connectivity index (χ0) is 48.0. The van der Waals surface area contributed by atoms with Crippen molar-refractivity contribution in [3.05, 3.63) is 207 Å². The molecule has 7 rings (SSSR count). The van der Waals surface area contributed by atoms with Gasteiger partial charge in [-0.05, 0) is 48.0 Å². The van der Waals surface area contributed by atoms with Crippen molar-refractivity contribution in [2.75, 3.05) is 0 Å². The molecule has 0 N–H and O–H groups in total. The number of halogens is 12. The van der Waals surface area contributed by atoms with Crippen LogP contribution in [0.4, 0.5) is 52.7 Å². The van der Waals surface area contributed by atoms with E-state index in [0.717, 1.165) is 54.6 Å². The average Bonchev–Trinajstić information content (AvgIpc) is 4.08. The van der Waals surface area contributed by atoms with Gasteiger partial charge in [0.15, 0.2) is 69.8 Å². The third-order valence-electron chi connectivity index (χ3n) is 10.3. The van der Waals surface area contributed by atoms with Crippen LogP contribution in [0.2, 0.25) is 0 Å². The molecule has 0 heterocycles. The van der Waals surface area contributed by atoms with Crippen molar-refractivity contribution in [1.29, 1.82) is 31.6 Å². The zero-order valence-electron chi connectivity index (χ0n) is 32.1. The summed E-state index contributed by atoms with van der Waals surface area (Å²) in [6.07, 6.45) is 0. The molecule has 0 amide bonds. The van der Waals surface area contributed by atoms with Gasteiger partial charge in [-0.1, -0.05) is 72.8 Å². The maximum atomic E-state index is 15.0. The standard InChI is InChI=1S/C48H12F12N6/c49-37-28(16-64)38(50)44(56)34(43(37)55)25(13-61)19-1-7-22(8-2-19)31-32(23-9-3-20(4-10-23)26(14-62)35-45(57)39(51)29(17-65)40(52)46(35)58)33(31)24-11-5-21(6-12-24)27(15-63)36-47(59)41(53)30(18-66)42(54)48(36)60/h1-12H. The Morgan fingerprint density at radius 2 is 0.455 bits per heavy atom. The molecular weight excluding hydrogens is 889 g/mol. The van der Waals surface area contributed by atoms with Gasteiger partial charge in [0.25, 0.3) is 0 Å². The van der Waals surface area contributed by atoms with Crippen molar-refractivity contribution < 1.29 is 52.7 Å². The fourth-order valence-corrected chi connectivity index (χ4v) is 7.11. The van der Waals surface area contributed by atoms with E-state index < -0.39 is 120 Å². The molecule has 0 atom stereocenters. The van der Waals surface area contributed by atoms with Gasteiger partial charge in [-0.2, -0.15) is 31.6 Å². The van der Waals surface area contributed by atoms with E-state index in [0.29, 0.717) is 16.7 Å². The minimum Gasteiger partial charge on any atom is -0.203 e. The second-order valence-electron chi connectivity index (χ2n) is 13.7. The van der Waals surface area contributed by atoms with Gasteiger partial charge in [0.05, 0.1) is 33.4 Å². The minimum atomic E-state index is -2.04. The summed E-state index contributed by atoms with van der Waals surface area (Å²) in [6, 6.07) is 22.2. The summed E-state index contributed by atoms with van der Waals surface area (Å²) in [5, 5.41) is 56.5. The van der Waals surface area contributed by atoms with Crippen LogP contribution in [0, 0.1) is 138 Å². The molecule has 0 radical (unpaired) electrons. The molecule has 0 spiro atoms. The zero-order valence-corrected chi connectivity index (χ0v) is 32.1. The Bertz CT molecular complexity index is 3360. The van der Waals surface area contributed by atoms with Crippen LogP contribution in [-0.2, 0) is 0 Å². The summed E-state index contributed by atoms with van der Waals surface area (Å²) in [7, 11) is 0. The van der Waals surface area contributed by atoms with Crippen molar-refractivity contribution in [3.63, 3.8) is 0 Å². The van der Waals surface area contributed by atoms with Gasteiger partial charge in [0.2, 0.25) is 0 Å². The molecule has 0 bridgehead atoms. The van der Waals surface area contributed by atoms with Crippen molar-refractivity contribution in [2.45, 2.75) is 0 Å². The highest BCUT2D eigenvalue weighted by molar-refractivity contribution is 6.48. The molecule has 1 aliphatic rings. The van der Waals surface area contributed by atoms with Crippen molar-refractivity contribution >= 4 is 33.4 Å². The molecule has 1 fully saturated rings. The van der Waals surface area contributed by atoms with E-state index in [-0.39, 0.29) is 31.3 Å². The lowest BCUT2D eigenvalue weighted by molar-refractivity contribution is 0.447. The topological polar surface area (TPSA) is 143 Å². The molecule has 66 heavy (non-hydrogen) atoms. The van der Waals surface area contributed by atoms with Gasteiger partial charge in [-0.25, -0.2) is 52.7 Å². The fourth-order valence-electron chi connectivity index (χ4n) is 7.11. The van der Waals surface area contributed by atoms with Gasteiger partial charge >= 0.3 is 0 Å². The van der Waals surface area contributed by atoms with E-state index in [2.05, 4.69) is 0 Å². The summed E-state index contributed by atoms with van der Waals surface area (Å²) in [4.78, 5) is 0. The average molecular weight is 901 g/mol. The van der Waals surface area contributed by atoms with Gasteiger partial charge in [0, 0.05) is 0 Å². The van der Waals surface area contributed by atoms with Crippen LogP contribution in [0.3, 0.4) is 0 Å². The molecule has 18 heteroatoms. The van der Waals surface area contributed by atoms with E-state index in [1.165, 1.54) is 54.6 Å². The molecule has 0 aromatic heterocycles. The third-order valence-corrected chi connectivity index (χ3v) is 10.3. The number of rotatable bonds is 3. The van der Waals surface area contributed by atoms with Crippen LogP contribution in [-0.4, -0.2) is 0 Å². The first-order valence-electron chi connectivity index (χ1n) is 18.1. The minimum absolute atomic E-state index is 0.259. The normalized spacial score (nSPS) is 11.5. The van der Waals surface area contributed by atoms with Gasteiger partial charge in [-0.15, -0.1) is 0 Å². The van der Waals surface area contributed by atoms with E-state index >= 15 is 0 Å². The lowest BCUT2D eigenvalue weighted by atomic mass is 9.99. The van der Waals surface area contributed by atoms with Crippen LogP contribution < -0.4 is 31.3 Å². The Morgan fingerprint density at radius 1 is 0.273 bits per heavy atom. The van der Waals surface area contributed by atoms with E-state index in [1.54, 1.807) is 0 Å². The first-order valence-corrected chi connectivity index (χ1v) is 18.1. The van der Waals surface area contributed by atoms with Crippen molar-refractivity contribution in [3.8, 4) is 36.4 Å². The number of nitriles is 6. The Balaban J connectivity index is 1.51. The maximum absolute atomic E-state index is 15.0. The summed E-state index contributed by atoms with van der Waals surface area (Å²) >= 11 is 0. The van der Waals surface area contributed by atoms with Crippen LogP contribution in [0.1, 0.15) is 33.4 Å². The highest BCUT2D eigenvalue weighted by Gasteiger charge is 2.33. The predicted octanol–water partition coefficient (Wildman–Crippen LogP) is 6.00. The number of benzene rings is 6. The van der Waals surface area contributed by atoms with E-state index in [9.17, 15) is 68.5 Å². The molecular formula is C48H12F12N6. The second kappa shape index (κ2) is 17.1. The first kappa shape index (κ1) is 44.7. The Labute approximate surface area is 360 Å². The molecule has 0 unspecified atom stereocenters. The van der Waals surface area contributed by atoms with Crippen LogP contribution >= 0.6 is 0 Å². The van der Waals surface area contributed by atoms with Crippen LogP contribution in [0.15, 0.2) is 72.8 Å². The first-order chi connectivity index (χ1) is 31.5. The molecule has 1 aliphatic carbocycles. The Kier molecular flexibility index (Phi) is 11.6. The van der Waals surface area contributed by atoms with Gasteiger partial charge in [0.1, 0.15) is 53.1 Å². The molecule has 0 saturated heterocycles. The monoisotopic (exact) mass is 900 g/mol. The Morgan fingerprint density at radius 3 is 0.606 bits per heavy atom.